The first-order chi connectivity index (χ1) is 52.8. The van der Waals surface area contributed by atoms with Crippen molar-refractivity contribution < 1.29 is 19.1 Å². The Bertz CT molecular complexity index is 5460. The maximum atomic E-state index is 11.5. The number of aryl methyl sites for hydroxylation is 2. The van der Waals surface area contributed by atoms with Crippen molar-refractivity contribution in [3.63, 3.8) is 0 Å². The lowest BCUT2D eigenvalue weighted by Crippen LogP contribution is -2.36. The molecule has 2 saturated carbocycles. The minimum Gasteiger partial charge on any atom is -0.379 e. The third kappa shape index (κ3) is 16.7. The first-order valence-corrected chi connectivity index (χ1v) is 38.2. The highest BCUT2D eigenvalue weighted by molar-refractivity contribution is 5.84. The third-order valence-electron chi connectivity index (χ3n) is 22.1. The Hall–Kier alpha value is -11.2. The molecule has 556 valence electrons. The van der Waals surface area contributed by atoms with Crippen molar-refractivity contribution in [1.82, 2.24) is 58.4 Å². The average Bonchev–Trinajstić information content (AvgIpc) is 1.65. The summed E-state index contributed by atoms with van der Waals surface area (Å²) in [5.74, 6) is 1.43. The number of allylic oxidation sites excluding steroid dienone is 5. The van der Waals surface area contributed by atoms with Crippen LogP contribution in [0.5, 0.6) is 0 Å². The van der Waals surface area contributed by atoms with Gasteiger partial charge in [0.2, 0.25) is 0 Å². The molecule has 0 spiro atoms. The smallest absolute Gasteiger partial charge is 0.373 e. The second-order valence-electron chi connectivity index (χ2n) is 30.6. The number of Topliss-reactive ketones (excluding diaryl/α,β-unsaturated/α-hetero) is 1. The van der Waals surface area contributed by atoms with Crippen LogP contribution in [0.15, 0.2) is 205 Å². The monoisotopic (exact) mass is 1450 g/mol. The second kappa shape index (κ2) is 32.7. The Labute approximate surface area is 638 Å². The number of hydrogen-bond donors (Lipinski definition) is 2. The molecular weight excluding hydrogens is 1350 g/mol. The largest absolute Gasteiger partial charge is 0.379 e. The van der Waals surface area contributed by atoms with Gasteiger partial charge in [-0.3, -0.25) is 9.69 Å². The van der Waals surface area contributed by atoms with Crippen molar-refractivity contribution in [3.05, 3.63) is 284 Å². The molecular formula is C91H98N14O4. The van der Waals surface area contributed by atoms with Crippen LogP contribution < -0.4 is 11.5 Å². The van der Waals surface area contributed by atoms with E-state index in [-0.39, 0.29) is 11.9 Å². The molecule has 19 rings (SSSR count). The molecule has 0 radical (unpaired) electrons. The molecule has 7 aliphatic rings. The zero-order chi connectivity index (χ0) is 76.0. The van der Waals surface area contributed by atoms with Crippen LogP contribution >= 0.6 is 0 Å². The Morgan fingerprint density at radius 2 is 1.14 bits per heavy atom. The normalized spacial score (nSPS) is 15.7. The van der Waals surface area contributed by atoms with Gasteiger partial charge in [-0.15, -0.1) is 0 Å². The summed E-state index contributed by atoms with van der Waals surface area (Å²) in [5, 5.41) is 23.6. The van der Waals surface area contributed by atoms with E-state index in [9.17, 15) is 4.79 Å². The van der Waals surface area contributed by atoms with E-state index in [1.165, 1.54) is 157 Å². The van der Waals surface area contributed by atoms with Gasteiger partial charge in [0, 0.05) is 85.2 Å². The maximum Gasteiger partial charge on any atom is 0.373 e. The number of morpholine rings is 1. The van der Waals surface area contributed by atoms with E-state index in [2.05, 4.69) is 248 Å². The summed E-state index contributed by atoms with van der Waals surface area (Å²) >= 11 is 0. The van der Waals surface area contributed by atoms with Crippen molar-refractivity contribution in [2.75, 3.05) is 26.3 Å². The Morgan fingerprint density at radius 3 is 1.82 bits per heavy atom. The fraction of sp³-hybridized carbons (Fsp3) is 0.308. The van der Waals surface area contributed by atoms with Gasteiger partial charge in [-0.2, -0.15) is 35.1 Å². The number of ketones is 1. The molecule has 6 aromatic heterocycles. The Morgan fingerprint density at radius 1 is 0.578 bits per heavy atom. The minimum atomic E-state index is -0.636. The van der Waals surface area contributed by atoms with Crippen molar-refractivity contribution in [1.29, 1.82) is 0 Å². The molecule has 6 aliphatic carbocycles. The van der Waals surface area contributed by atoms with E-state index in [1.807, 2.05) is 49.3 Å². The van der Waals surface area contributed by atoms with E-state index in [1.54, 1.807) is 23.1 Å². The van der Waals surface area contributed by atoms with Gasteiger partial charge >= 0.3 is 6.15 Å². The topological polar surface area (TPSA) is 210 Å². The maximum absolute atomic E-state index is 11.5. The number of ether oxygens (including phenoxy) is 1. The molecule has 1 aliphatic heterocycles. The predicted molar refractivity (Wildman–Crippen MR) is 433 cm³/mol. The quantitative estimate of drug-likeness (QED) is 0.110. The standard InChI is InChI=1S/C23H22N2.C18H20N2.C17H19N3O.C16H20N4.C16H17N3O.CO2/c1-15-13-20-9-10-21(14-22(20)16(15)2)25-23(11-12-24-25)19-7-5-18(6-8-19)17-3-4-17;1-13-10-15-6-7-17(12-16(15)11-13)20-18(8-9-19-20)14-4-2-3-5-14;1-2-14-4-5-16(12-15(14)3-1)20-17(6-7-18-20)13-19-8-10-21-11-9-19;1-11-9-12-10-13(5-6-14(12)19(11)4)20-15(7-8-18-20)16(2,3)17;1-10-7-12-3-4-14(9-13(12)8-10)19-15(5-6-18-19)16(17)11(2)20;2-1-3/h5-12,14,17H,3-4,13H2,1-2H3;6-9,11-12,14H,2-5,10H2,1H3;1,3-7,12H,2,8-11,13H2;5-10H,17H2,1-4H3;3-6,8-9,16H,7,17H2,1-2H3;. The summed E-state index contributed by atoms with van der Waals surface area (Å²) < 4.78 is 17.5. The van der Waals surface area contributed by atoms with Crippen LogP contribution in [0.3, 0.4) is 0 Å². The zero-order valence-corrected chi connectivity index (χ0v) is 64.1. The second-order valence-corrected chi connectivity index (χ2v) is 30.6. The van der Waals surface area contributed by atoms with E-state index in [0.29, 0.717) is 5.92 Å². The zero-order valence-electron chi connectivity index (χ0n) is 64.1. The predicted octanol–water partition coefficient (Wildman–Crippen LogP) is 17.2. The van der Waals surface area contributed by atoms with Gasteiger partial charge in [-0.25, -0.2) is 23.4 Å². The molecule has 18 heteroatoms. The summed E-state index contributed by atoms with van der Waals surface area (Å²) in [4.78, 5) is 30.2. The lowest BCUT2D eigenvalue weighted by molar-refractivity contribution is -0.191. The number of benzene rings is 6. The molecule has 18 nitrogen and oxygen atoms in total. The minimum absolute atomic E-state index is 0.0661. The van der Waals surface area contributed by atoms with Crippen LogP contribution in [0.25, 0.3) is 74.4 Å². The molecule has 12 aromatic rings. The number of carbonyl (C=O) groups is 1. The van der Waals surface area contributed by atoms with E-state index < -0.39 is 11.6 Å². The van der Waals surface area contributed by atoms with Crippen LogP contribution in [0.1, 0.15) is 183 Å². The lowest BCUT2D eigenvalue weighted by Gasteiger charge is -2.26. The van der Waals surface area contributed by atoms with E-state index >= 15 is 0 Å². The third-order valence-corrected chi connectivity index (χ3v) is 22.1. The first kappa shape index (κ1) is 74.6. The van der Waals surface area contributed by atoms with E-state index in [4.69, 9.17) is 25.8 Å². The van der Waals surface area contributed by atoms with Gasteiger partial charge in [0.05, 0.1) is 76.2 Å². The van der Waals surface area contributed by atoms with Gasteiger partial charge in [0.1, 0.15) is 6.04 Å². The van der Waals surface area contributed by atoms with Crippen molar-refractivity contribution >= 4 is 46.6 Å². The SMILES string of the molecule is C1=Cc2cc(-n3nccc3CN3CCOCC3)ccc2C1.CC(=O)C(N)c1ccnn1-c1ccc2c(c1)C=C(C)C2.CC1=C(C)c2cc(-n3nccc3-c3ccc(C4CC4)cc3)ccc2C1.CC1=Cc2cc(-n3nccc3C3CCCC3)ccc2C1.Cc1cc2cc(-n3nccc3C(C)(C)N)ccc2n1C.O=C=O. The van der Waals surface area contributed by atoms with Crippen LogP contribution in [0.4, 0.5) is 0 Å². The highest BCUT2D eigenvalue weighted by Crippen LogP contribution is 2.42. The van der Waals surface area contributed by atoms with Crippen LogP contribution in [-0.2, 0) is 63.9 Å². The molecule has 4 N–H and O–H groups in total. The summed E-state index contributed by atoms with van der Waals surface area (Å²) in [6.45, 7) is 21.0. The number of nitrogens with two attached hydrogens (primary N) is 2. The molecule has 3 fully saturated rings. The number of aromatic nitrogens is 11. The molecule has 1 atom stereocenters. The Kier molecular flexibility index (Phi) is 22.4. The number of nitrogens with zero attached hydrogens (tertiary/aromatic N) is 12. The van der Waals surface area contributed by atoms with Gasteiger partial charge in [0.25, 0.3) is 0 Å². The van der Waals surface area contributed by atoms with Crippen molar-refractivity contribution in [2.24, 2.45) is 18.5 Å². The Balaban J connectivity index is 0.000000113. The molecule has 1 saturated heterocycles. The molecule has 6 aromatic carbocycles. The average molecular weight is 1450 g/mol. The molecule has 1 unspecified atom stereocenters. The van der Waals surface area contributed by atoms with Gasteiger partial charge in [-0.05, 0) is 271 Å². The summed E-state index contributed by atoms with van der Waals surface area (Å²) in [5.41, 5.74) is 44.5. The fourth-order valence-corrected chi connectivity index (χ4v) is 15.8. The number of hydrogen-bond acceptors (Lipinski definition) is 12. The summed E-state index contributed by atoms with van der Waals surface area (Å²) in [7, 11) is 2.08. The van der Waals surface area contributed by atoms with Gasteiger partial charge in [-0.1, -0.05) is 102 Å². The summed E-state index contributed by atoms with van der Waals surface area (Å²) in [6, 6.07) is 53.5. The highest BCUT2D eigenvalue weighted by atomic mass is 16.5. The molecule has 7 heterocycles. The van der Waals surface area contributed by atoms with Gasteiger partial charge in [0.15, 0.2) is 5.78 Å². The first-order valence-electron chi connectivity index (χ1n) is 38.2. The molecule has 0 amide bonds. The number of rotatable bonds is 13. The number of carbonyl (C=O) groups excluding carboxylic acids is 3. The molecule has 109 heavy (non-hydrogen) atoms. The molecule has 0 bridgehead atoms. The van der Waals surface area contributed by atoms with Crippen LogP contribution in [0.2, 0.25) is 0 Å². The number of fused-ring (bicyclic) bond motifs is 5. The summed E-state index contributed by atoms with van der Waals surface area (Å²) in [6.07, 6.45) is 30.6. The van der Waals surface area contributed by atoms with E-state index in [0.717, 1.165) is 104 Å². The highest BCUT2D eigenvalue weighted by Gasteiger charge is 2.27. The van der Waals surface area contributed by atoms with Crippen molar-refractivity contribution in [2.45, 2.75) is 150 Å². The van der Waals surface area contributed by atoms with Crippen LogP contribution in [0, 0.1) is 6.92 Å². The fourth-order valence-electron chi connectivity index (χ4n) is 15.8. The van der Waals surface area contributed by atoms with Crippen LogP contribution in [-0.4, -0.2) is 96.6 Å². The van der Waals surface area contributed by atoms with Crippen molar-refractivity contribution in [3.8, 4) is 39.7 Å². The van der Waals surface area contributed by atoms with Gasteiger partial charge < -0.3 is 20.8 Å². The lowest BCUT2D eigenvalue weighted by atomic mass is 10.0.